The molecule has 3 heterocycles. The van der Waals surface area contributed by atoms with Crippen LogP contribution in [0.25, 0.3) is 0 Å². The molecule has 2 aromatic carbocycles. The molecule has 0 spiro atoms. The first kappa shape index (κ1) is 27.9. The van der Waals surface area contributed by atoms with Gasteiger partial charge in [-0.15, -0.1) is 0 Å². The molecule has 2 saturated carbocycles. The number of carbonyl (C=O) groups excluding carboxylic acids is 3. The van der Waals surface area contributed by atoms with Crippen molar-refractivity contribution in [1.29, 1.82) is 0 Å². The zero-order valence-corrected chi connectivity index (χ0v) is 23.8. The summed E-state index contributed by atoms with van der Waals surface area (Å²) in [6.07, 6.45) is 5.26. The number of Topliss-reactive ketones (excluding diaryl/α,β-unsaturated/α-hetero) is 2. The smallest absolute Gasteiger partial charge is 0.249 e. The van der Waals surface area contributed by atoms with E-state index in [0.717, 1.165) is 43.1 Å². The molecular weight excluding hydrogens is 554 g/mol. The van der Waals surface area contributed by atoms with Crippen LogP contribution in [0.1, 0.15) is 43.2 Å². The van der Waals surface area contributed by atoms with Gasteiger partial charge < -0.3 is 15.0 Å². The Bertz CT molecular complexity index is 1520. The van der Waals surface area contributed by atoms with Gasteiger partial charge in [0.25, 0.3) is 0 Å². The molecule has 2 aliphatic carbocycles. The molecule has 2 saturated heterocycles. The number of allylic oxidation sites excluding steroid dienone is 1. The molecule has 43 heavy (non-hydrogen) atoms. The van der Waals surface area contributed by atoms with Gasteiger partial charge in [0, 0.05) is 61.9 Å². The number of amides is 1. The second-order valence-electron chi connectivity index (χ2n) is 12.2. The van der Waals surface area contributed by atoms with E-state index in [1.54, 1.807) is 0 Å². The third-order valence-corrected chi connectivity index (χ3v) is 9.34. The number of hydrogen-bond donors (Lipinski definition) is 1. The third kappa shape index (κ3) is 5.49. The van der Waals surface area contributed by atoms with E-state index in [2.05, 4.69) is 20.0 Å². The van der Waals surface area contributed by atoms with Crippen LogP contribution in [-0.2, 0) is 32.3 Å². The monoisotopic (exact) mass is 588 g/mol. The van der Waals surface area contributed by atoms with Crippen LogP contribution in [0.5, 0.6) is 0 Å². The van der Waals surface area contributed by atoms with E-state index in [1.165, 1.54) is 12.1 Å². The molecule has 3 atom stereocenters. The quantitative estimate of drug-likeness (QED) is 0.495. The van der Waals surface area contributed by atoms with Crippen LogP contribution < -0.4 is 5.32 Å². The molecule has 5 aliphatic rings. The first-order valence-electron chi connectivity index (χ1n) is 15.0. The fraction of sp³-hybridized carbons (Fsp3) is 0.424. The highest BCUT2D eigenvalue weighted by molar-refractivity contribution is 6.39. The van der Waals surface area contributed by atoms with Crippen LogP contribution >= 0.6 is 0 Å². The molecule has 0 bridgehead atoms. The van der Waals surface area contributed by atoms with Crippen molar-refractivity contribution in [1.82, 2.24) is 20.0 Å². The summed E-state index contributed by atoms with van der Waals surface area (Å²) in [5.74, 6) is -1.55. The minimum Gasteiger partial charge on any atom is -0.491 e. The zero-order chi connectivity index (χ0) is 29.7. The van der Waals surface area contributed by atoms with Gasteiger partial charge in [-0.3, -0.25) is 24.2 Å². The molecule has 0 aromatic heterocycles. The van der Waals surface area contributed by atoms with E-state index in [1.807, 2.05) is 36.5 Å². The number of ether oxygens (including phenoxy) is 1. The number of halogens is 2. The van der Waals surface area contributed by atoms with Crippen molar-refractivity contribution < 1.29 is 27.9 Å². The normalized spacial score (nSPS) is 26.0. The molecule has 7 rings (SSSR count). The third-order valence-electron chi connectivity index (χ3n) is 9.34. The van der Waals surface area contributed by atoms with Gasteiger partial charge in [0.2, 0.25) is 11.7 Å². The Kier molecular flexibility index (Phi) is 7.34. The zero-order valence-electron chi connectivity index (χ0n) is 23.8. The van der Waals surface area contributed by atoms with E-state index >= 15 is 0 Å². The molecule has 3 aliphatic heterocycles. The maximum absolute atomic E-state index is 14.2. The lowest BCUT2D eigenvalue weighted by Gasteiger charge is -2.57. The average Bonchev–Trinajstić information content (AvgIpc) is 3.86. The number of nitrogens with zero attached hydrogens (tertiary/aromatic N) is 3. The maximum atomic E-state index is 14.2. The average molecular weight is 589 g/mol. The second-order valence-corrected chi connectivity index (χ2v) is 12.2. The van der Waals surface area contributed by atoms with Crippen LogP contribution in [0.3, 0.4) is 0 Å². The van der Waals surface area contributed by atoms with E-state index in [9.17, 15) is 23.2 Å². The topological polar surface area (TPSA) is 82.2 Å². The summed E-state index contributed by atoms with van der Waals surface area (Å²) < 4.78 is 34.0. The number of piperazine rings is 1. The summed E-state index contributed by atoms with van der Waals surface area (Å²) in [6.45, 7) is 1.98. The number of benzene rings is 2. The molecule has 0 radical (unpaired) electrons. The van der Waals surface area contributed by atoms with Crippen molar-refractivity contribution in [2.75, 3.05) is 19.6 Å². The highest BCUT2D eigenvalue weighted by atomic mass is 19.1. The van der Waals surface area contributed by atoms with Gasteiger partial charge in [0.05, 0.1) is 24.4 Å². The van der Waals surface area contributed by atoms with Crippen molar-refractivity contribution in [3.8, 4) is 0 Å². The predicted molar refractivity (Wildman–Crippen MR) is 153 cm³/mol. The Morgan fingerprint density at radius 1 is 1.00 bits per heavy atom. The van der Waals surface area contributed by atoms with E-state index < -0.39 is 17.7 Å². The van der Waals surface area contributed by atoms with E-state index in [4.69, 9.17) is 4.74 Å². The second kappa shape index (κ2) is 11.3. The minimum atomic E-state index is -0.713. The van der Waals surface area contributed by atoms with Crippen molar-refractivity contribution in [3.05, 3.63) is 94.5 Å². The van der Waals surface area contributed by atoms with Crippen molar-refractivity contribution >= 4 is 17.5 Å². The summed E-state index contributed by atoms with van der Waals surface area (Å²) in [4.78, 5) is 45.9. The molecule has 3 unspecified atom stereocenters. The summed E-state index contributed by atoms with van der Waals surface area (Å²) in [6, 6.07) is 13.1. The highest BCUT2D eigenvalue weighted by Crippen LogP contribution is 2.43. The van der Waals surface area contributed by atoms with Gasteiger partial charge in [0.15, 0.2) is 5.78 Å². The minimum absolute atomic E-state index is 0.0744. The van der Waals surface area contributed by atoms with Crippen LogP contribution in [-0.4, -0.2) is 70.1 Å². The number of carbonyl (C=O) groups is 3. The molecule has 1 N–H and O–H groups in total. The fourth-order valence-corrected chi connectivity index (χ4v) is 6.98. The molecule has 2 aromatic rings. The van der Waals surface area contributed by atoms with E-state index in [-0.39, 0.29) is 48.1 Å². The van der Waals surface area contributed by atoms with Crippen molar-refractivity contribution in [3.63, 3.8) is 0 Å². The summed E-state index contributed by atoms with van der Waals surface area (Å²) in [7, 11) is 0. The lowest BCUT2D eigenvalue weighted by atomic mass is 9.78. The van der Waals surface area contributed by atoms with Crippen molar-refractivity contribution in [2.45, 2.75) is 63.5 Å². The van der Waals surface area contributed by atoms with Gasteiger partial charge >= 0.3 is 0 Å². The first-order chi connectivity index (χ1) is 20.9. The Balaban J connectivity index is 1.17. The Hall–Kier alpha value is -3.89. The number of hydrogen-bond acceptors (Lipinski definition) is 7. The molecule has 10 heteroatoms. The predicted octanol–water partition coefficient (Wildman–Crippen LogP) is 3.64. The van der Waals surface area contributed by atoms with Gasteiger partial charge in [-0.2, -0.15) is 0 Å². The number of fused-ring (bicyclic) bond motifs is 4. The van der Waals surface area contributed by atoms with Crippen LogP contribution in [0.4, 0.5) is 8.78 Å². The summed E-state index contributed by atoms with van der Waals surface area (Å²) >= 11 is 0. The van der Waals surface area contributed by atoms with Gasteiger partial charge in [-0.1, -0.05) is 36.4 Å². The van der Waals surface area contributed by atoms with Crippen molar-refractivity contribution in [2.24, 2.45) is 5.92 Å². The highest BCUT2D eigenvalue weighted by Gasteiger charge is 2.54. The number of nitrogens with one attached hydrogen (secondary N) is 1. The SMILES string of the molecule is O=C1CCC2CN(C3CC3)C3CN4C=C(C(=O)NCc5ccc(F)cc5F)CC(OCc5ccccc5)=C4CN3C2C1=O. The standard InChI is InChI=1S/C33H34F2N4O4/c34-24-8-6-21(26(35)13-24)14-36-33(42)23-12-29(43-19-20-4-2-1-3-5-20)27-17-39-30(18-37(27)15-23)38(25-9-10-25)16-22-7-11-28(40)32(41)31(22)39/h1-6,8,13,15,22,25,30-31H,7,9-12,14,16-19H2,(H,36,42). The Morgan fingerprint density at radius 2 is 1.81 bits per heavy atom. The van der Waals surface area contributed by atoms with Gasteiger partial charge in [0.1, 0.15) is 24.0 Å². The first-order valence-corrected chi connectivity index (χ1v) is 15.0. The Morgan fingerprint density at radius 3 is 2.58 bits per heavy atom. The lowest BCUT2D eigenvalue weighted by Crippen LogP contribution is -2.71. The lowest BCUT2D eigenvalue weighted by molar-refractivity contribution is -0.155. The van der Waals surface area contributed by atoms with Crippen LogP contribution in [0.2, 0.25) is 0 Å². The van der Waals surface area contributed by atoms with Gasteiger partial charge in [-0.25, -0.2) is 8.78 Å². The molecule has 4 fully saturated rings. The van der Waals surface area contributed by atoms with Crippen LogP contribution in [0.15, 0.2) is 71.8 Å². The molecule has 224 valence electrons. The fourth-order valence-electron chi connectivity index (χ4n) is 6.98. The molecule has 8 nitrogen and oxygen atoms in total. The maximum Gasteiger partial charge on any atom is 0.249 e. The largest absolute Gasteiger partial charge is 0.491 e. The molecular formula is C33H34F2N4O4. The number of ketones is 2. The van der Waals surface area contributed by atoms with Crippen LogP contribution in [0, 0.1) is 17.6 Å². The molecule has 1 amide bonds. The number of rotatable bonds is 7. The van der Waals surface area contributed by atoms with E-state index in [0.29, 0.717) is 43.5 Å². The summed E-state index contributed by atoms with van der Waals surface area (Å²) in [5.41, 5.74) is 2.53. The Labute approximate surface area is 249 Å². The van der Waals surface area contributed by atoms with Gasteiger partial charge in [-0.05, 0) is 36.8 Å². The summed E-state index contributed by atoms with van der Waals surface area (Å²) in [5, 5.41) is 2.78.